The standard InChI is InChI=1S/2C16H13ClN2OS/c2*1-10-7-14-13(9-12(10)17)18-16(21-14)19-15(20)8-11-5-3-2-4-6-11/h2*2-7,9H,8H2,1H3,(H,18,19,20). The van der Waals surface area contributed by atoms with E-state index in [-0.39, 0.29) is 11.8 Å². The third-order valence-corrected chi connectivity index (χ3v) is 8.93. The second-order valence-electron chi connectivity index (χ2n) is 9.60. The molecule has 0 aliphatic carbocycles. The third kappa shape index (κ3) is 7.72. The van der Waals surface area contributed by atoms with Crippen molar-refractivity contribution in [3.63, 3.8) is 0 Å². The molecule has 0 aliphatic heterocycles. The molecule has 2 amide bonds. The van der Waals surface area contributed by atoms with Gasteiger partial charge in [-0.05, 0) is 60.4 Å². The van der Waals surface area contributed by atoms with Gasteiger partial charge in [0.05, 0.1) is 33.3 Å². The zero-order chi connectivity index (χ0) is 29.6. The third-order valence-electron chi connectivity index (χ3n) is 6.25. The Kier molecular flexibility index (Phi) is 9.49. The van der Waals surface area contributed by atoms with Crippen LogP contribution in [-0.2, 0) is 22.4 Å². The summed E-state index contributed by atoms with van der Waals surface area (Å²) >= 11 is 15.1. The number of carbonyl (C=O) groups is 2. The van der Waals surface area contributed by atoms with Gasteiger partial charge in [0.15, 0.2) is 10.3 Å². The van der Waals surface area contributed by atoms with Crippen molar-refractivity contribution in [3.05, 3.63) is 117 Å². The van der Waals surface area contributed by atoms with Gasteiger partial charge in [0.1, 0.15) is 0 Å². The lowest BCUT2D eigenvalue weighted by molar-refractivity contribution is -0.116. The fourth-order valence-electron chi connectivity index (χ4n) is 4.10. The number of benzene rings is 4. The Morgan fingerprint density at radius 2 is 1.02 bits per heavy atom. The first-order valence-electron chi connectivity index (χ1n) is 13.0. The van der Waals surface area contributed by atoms with Crippen molar-refractivity contribution in [3.8, 4) is 0 Å². The van der Waals surface area contributed by atoms with E-state index in [1.54, 1.807) is 0 Å². The minimum Gasteiger partial charge on any atom is -0.302 e. The average Bonchev–Trinajstić information content (AvgIpc) is 3.52. The molecule has 212 valence electrons. The Morgan fingerprint density at radius 3 is 1.40 bits per heavy atom. The average molecular weight is 634 g/mol. The molecule has 0 saturated carbocycles. The molecular formula is C32H26Cl2N4O2S2. The zero-order valence-electron chi connectivity index (χ0n) is 22.8. The maximum atomic E-state index is 12.0. The lowest BCUT2D eigenvalue weighted by Crippen LogP contribution is -2.13. The van der Waals surface area contributed by atoms with Crippen LogP contribution in [0.1, 0.15) is 22.3 Å². The maximum Gasteiger partial charge on any atom is 0.230 e. The van der Waals surface area contributed by atoms with Crippen LogP contribution >= 0.6 is 45.9 Å². The summed E-state index contributed by atoms with van der Waals surface area (Å²) in [5.41, 5.74) is 5.60. The van der Waals surface area contributed by atoms with Crippen LogP contribution in [0.15, 0.2) is 84.9 Å². The van der Waals surface area contributed by atoms with Gasteiger partial charge in [0.25, 0.3) is 0 Å². The van der Waals surface area contributed by atoms with Gasteiger partial charge in [-0.15, -0.1) is 0 Å². The minimum atomic E-state index is -0.0666. The lowest BCUT2D eigenvalue weighted by atomic mass is 10.1. The molecule has 0 saturated heterocycles. The van der Waals surface area contributed by atoms with Crippen LogP contribution in [-0.4, -0.2) is 21.8 Å². The number of rotatable bonds is 6. The summed E-state index contributed by atoms with van der Waals surface area (Å²) in [5.74, 6) is -0.133. The molecule has 0 fully saturated rings. The van der Waals surface area contributed by atoms with Crippen LogP contribution in [0.25, 0.3) is 20.4 Å². The number of nitrogens with zero attached hydrogens (tertiary/aromatic N) is 2. The summed E-state index contributed by atoms with van der Waals surface area (Å²) in [4.78, 5) is 32.8. The first-order valence-corrected chi connectivity index (χ1v) is 15.4. The van der Waals surface area contributed by atoms with Crippen LogP contribution < -0.4 is 10.6 Å². The number of fused-ring (bicyclic) bond motifs is 2. The van der Waals surface area contributed by atoms with Gasteiger partial charge in [-0.25, -0.2) is 9.97 Å². The normalized spacial score (nSPS) is 10.8. The van der Waals surface area contributed by atoms with Crippen molar-refractivity contribution in [2.24, 2.45) is 0 Å². The summed E-state index contributed by atoms with van der Waals surface area (Å²) in [6.07, 6.45) is 0.688. The second kappa shape index (κ2) is 13.4. The predicted molar refractivity (Wildman–Crippen MR) is 176 cm³/mol. The Balaban J connectivity index is 0.000000168. The zero-order valence-corrected chi connectivity index (χ0v) is 25.9. The number of hydrogen-bond acceptors (Lipinski definition) is 6. The quantitative estimate of drug-likeness (QED) is 0.192. The molecule has 0 atom stereocenters. The van der Waals surface area contributed by atoms with Crippen molar-refractivity contribution in [1.29, 1.82) is 0 Å². The molecule has 6 aromatic rings. The van der Waals surface area contributed by atoms with Crippen LogP contribution in [0.4, 0.5) is 10.3 Å². The Morgan fingerprint density at radius 1 is 0.643 bits per heavy atom. The molecule has 2 aromatic heterocycles. The van der Waals surface area contributed by atoms with Gasteiger partial charge in [0, 0.05) is 10.0 Å². The van der Waals surface area contributed by atoms with Crippen molar-refractivity contribution in [2.45, 2.75) is 26.7 Å². The van der Waals surface area contributed by atoms with Crippen LogP contribution in [0, 0.1) is 13.8 Å². The Bertz CT molecular complexity index is 1660. The van der Waals surface area contributed by atoms with E-state index in [4.69, 9.17) is 23.2 Å². The van der Waals surface area contributed by atoms with Crippen molar-refractivity contribution >= 4 is 88.4 Å². The number of amides is 2. The molecule has 0 bridgehead atoms. The monoisotopic (exact) mass is 632 g/mol. The lowest BCUT2D eigenvalue weighted by Gasteiger charge is -2.01. The highest BCUT2D eigenvalue weighted by Gasteiger charge is 2.11. The summed E-state index contributed by atoms with van der Waals surface area (Å²) in [7, 11) is 0. The van der Waals surface area contributed by atoms with Crippen LogP contribution in [0.2, 0.25) is 10.0 Å². The smallest absolute Gasteiger partial charge is 0.230 e. The van der Waals surface area contributed by atoms with Crippen molar-refractivity contribution in [2.75, 3.05) is 10.6 Å². The molecule has 0 radical (unpaired) electrons. The predicted octanol–water partition coefficient (Wildman–Crippen LogP) is 8.88. The van der Waals surface area contributed by atoms with E-state index in [9.17, 15) is 9.59 Å². The number of nitrogens with one attached hydrogen (secondary N) is 2. The van der Waals surface area contributed by atoms with E-state index in [0.717, 1.165) is 42.7 Å². The summed E-state index contributed by atoms with van der Waals surface area (Å²) in [6.45, 7) is 3.91. The molecule has 2 heterocycles. The summed E-state index contributed by atoms with van der Waals surface area (Å²) in [5, 5.41) is 8.28. The van der Waals surface area contributed by atoms with Gasteiger partial charge in [0.2, 0.25) is 11.8 Å². The van der Waals surface area contributed by atoms with Gasteiger partial charge in [-0.3, -0.25) is 9.59 Å². The number of carbonyl (C=O) groups excluding carboxylic acids is 2. The number of anilines is 2. The second-order valence-corrected chi connectivity index (χ2v) is 12.5. The number of hydrogen-bond donors (Lipinski definition) is 2. The SMILES string of the molecule is Cc1cc2sc(NC(=O)Cc3ccccc3)nc2cc1Cl.Cc1cc2sc(NC(=O)Cc3ccccc3)nc2cc1Cl. The largest absolute Gasteiger partial charge is 0.302 e. The fraction of sp³-hybridized carbons (Fsp3) is 0.125. The summed E-state index contributed by atoms with van der Waals surface area (Å²) in [6, 6.07) is 26.9. The van der Waals surface area contributed by atoms with E-state index in [2.05, 4.69) is 20.6 Å². The molecule has 10 heteroatoms. The van der Waals surface area contributed by atoms with Gasteiger partial charge in [-0.2, -0.15) is 0 Å². The van der Waals surface area contributed by atoms with Crippen molar-refractivity contribution < 1.29 is 9.59 Å². The highest BCUT2D eigenvalue weighted by molar-refractivity contribution is 7.22. The minimum absolute atomic E-state index is 0.0666. The van der Waals surface area contributed by atoms with Gasteiger partial charge >= 0.3 is 0 Å². The number of thiazole rings is 2. The number of aromatic nitrogens is 2. The van der Waals surface area contributed by atoms with E-state index in [0.29, 0.717) is 33.2 Å². The molecule has 6 rings (SSSR count). The Labute approximate surface area is 261 Å². The number of halogens is 2. The van der Waals surface area contributed by atoms with E-state index >= 15 is 0 Å². The van der Waals surface area contributed by atoms with E-state index in [1.807, 2.05) is 98.8 Å². The molecule has 4 aromatic carbocycles. The molecule has 0 unspecified atom stereocenters. The van der Waals surface area contributed by atoms with Crippen LogP contribution in [0.3, 0.4) is 0 Å². The molecule has 2 N–H and O–H groups in total. The summed E-state index contributed by atoms with van der Waals surface area (Å²) < 4.78 is 2.04. The topological polar surface area (TPSA) is 84.0 Å². The highest BCUT2D eigenvalue weighted by atomic mass is 35.5. The fourth-order valence-corrected chi connectivity index (χ4v) is 6.34. The molecule has 0 aliphatic rings. The highest BCUT2D eigenvalue weighted by Crippen LogP contribution is 2.31. The van der Waals surface area contributed by atoms with E-state index in [1.165, 1.54) is 22.7 Å². The Hall–Kier alpha value is -3.82. The van der Waals surface area contributed by atoms with Crippen LogP contribution in [0.5, 0.6) is 0 Å². The molecule has 0 spiro atoms. The molecular weight excluding hydrogens is 607 g/mol. The first-order chi connectivity index (χ1) is 20.2. The molecule has 42 heavy (non-hydrogen) atoms. The van der Waals surface area contributed by atoms with E-state index < -0.39 is 0 Å². The van der Waals surface area contributed by atoms with Gasteiger partial charge in [-0.1, -0.05) is 107 Å². The van der Waals surface area contributed by atoms with Crippen molar-refractivity contribution in [1.82, 2.24) is 9.97 Å². The number of aryl methyl sites for hydroxylation is 2. The molecule has 6 nitrogen and oxygen atoms in total. The first kappa shape index (κ1) is 29.7. The van der Waals surface area contributed by atoms with Gasteiger partial charge < -0.3 is 10.6 Å². The maximum absolute atomic E-state index is 12.0.